The normalized spacial score (nSPS) is 17.5. The third-order valence-corrected chi connectivity index (χ3v) is 4.31. The highest BCUT2D eigenvalue weighted by atomic mass is 32.1. The van der Waals surface area contributed by atoms with Crippen LogP contribution in [0.1, 0.15) is 17.5 Å². The number of nitrogens with zero attached hydrogens (tertiary/aromatic N) is 2. The fourth-order valence-corrected chi connectivity index (χ4v) is 2.87. The number of rotatable bonds is 5. The molecule has 0 bridgehead atoms. The first-order chi connectivity index (χ1) is 9.18. The van der Waals surface area contributed by atoms with E-state index in [9.17, 15) is 4.79 Å². The van der Waals surface area contributed by atoms with Crippen LogP contribution in [0.25, 0.3) is 0 Å². The minimum Gasteiger partial charge on any atom is -0.368 e. The zero-order chi connectivity index (χ0) is 13.7. The predicted octanol–water partition coefficient (Wildman–Crippen LogP) is 0.831. The molecule has 0 saturated carbocycles. The van der Waals surface area contributed by atoms with E-state index in [4.69, 9.17) is 4.74 Å². The zero-order valence-electron chi connectivity index (χ0n) is 11.5. The largest absolute Gasteiger partial charge is 0.368 e. The van der Waals surface area contributed by atoms with Gasteiger partial charge in [0.05, 0.1) is 17.8 Å². The highest BCUT2D eigenvalue weighted by Gasteiger charge is 2.22. The summed E-state index contributed by atoms with van der Waals surface area (Å²) in [7, 11) is 0. The molecule has 0 aromatic carbocycles. The van der Waals surface area contributed by atoms with Crippen molar-refractivity contribution >= 4 is 17.2 Å². The zero-order valence-corrected chi connectivity index (χ0v) is 12.3. The van der Waals surface area contributed by atoms with Crippen LogP contribution in [0.3, 0.4) is 0 Å². The molecule has 1 atom stereocenters. The van der Waals surface area contributed by atoms with E-state index in [1.165, 1.54) is 4.88 Å². The summed E-state index contributed by atoms with van der Waals surface area (Å²) in [5.74, 6) is 0.0996. The number of carbonyl (C=O) groups excluding carboxylic acids is 1. The maximum Gasteiger partial charge on any atom is 0.251 e. The van der Waals surface area contributed by atoms with Crippen molar-refractivity contribution in [1.29, 1.82) is 0 Å². The van der Waals surface area contributed by atoms with Gasteiger partial charge in [0.15, 0.2) is 0 Å². The molecule has 1 aromatic heterocycles. The fraction of sp³-hybridized carbons (Fsp3) is 0.692. The van der Waals surface area contributed by atoms with E-state index in [1.807, 2.05) is 24.3 Å². The molecular weight excluding hydrogens is 262 g/mol. The lowest BCUT2D eigenvalue weighted by atomic mass is 10.3. The van der Waals surface area contributed by atoms with Crippen molar-refractivity contribution in [3.63, 3.8) is 0 Å². The predicted molar refractivity (Wildman–Crippen MR) is 75.4 cm³/mol. The number of carbonyl (C=O) groups is 1. The second-order valence-corrected chi connectivity index (χ2v) is 5.64. The summed E-state index contributed by atoms with van der Waals surface area (Å²) in [4.78, 5) is 19.4. The number of hydrogen-bond acceptors (Lipinski definition) is 5. The molecule has 106 valence electrons. The summed E-state index contributed by atoms with van der Waals surface area (Å²) >= 11 is 1.64. The van der Waals surface area contributed by atoms with Gasteiger partial charge in [0, 0.05) is 37.5 Å². The third-order valence-electron chi connectivity index (χ3n) is 3.32. The Morgan fingerprint density at radius 2 is 2.32 bits per heavy atom. The van der Waals surface area contributed by atoms with Gasteiger partial charge in [-0.05, 0) is 13.8 Å². The number of nitrogens with one attached hydrogen (secondary N) is 1. The van der Waals surface area contributed by atoms with E-state index in [-0.39, 0.29) is 12.0 Å². The van der Waals surface area contributed by atoms with E-state index in [2.05, 4.69) is 10.3 Å². The Kier molecular flexibility index (Phi) is 5.30. The summed E-state index contributed by atoms with van der Waals surface area (Å²) in [5, 5.41) is 3.24. The number of aryl methyl sites for hydroxylation is 1. The van der Waals surface area contributed by atoms with Crippen molar-refractivity contribution in [3.8, 4) is 0 Å². The lowest BCUT2D eigenvalue weighted by Crippen LogP contribution is -2.49. The van der Waals surface area contributed by atoms with Gasteiger partial charge >= 0.3 is 0 Å². The maximum atomic E-state index is 12.1. The maximum absolute atomic E-state index is 12.1. The number of hydrogen-bond donors (Lipinski definition) is 1. The van der Waals surface area contributed by atoms with Crippen LogP contribution in [0, 0.1) is 6.92 Å². The summed E-state index contributed by atoms with van der Waals surface area (Å²) < 4.78 is 5.65. The third kappa shape index (κ3) is 3.99. The number of thiazole rings is 1. The topological polar surface area (TPSA) is 54.5 Å². The SMILES string of the molecule is Cc1ncsc1CCOC(C)C(=O)N1CCNCC1. The summed E-state index contributed by atoms with van der Waals surface area (Å²) in [6.45, 7) is 7.71. The molecule has 19 heavy (non-hydrogen) atoms. The van der Waals surface area contributed by atoms with Crippen molar-refractivity contribution in [1.82, 2.24) is 15.2 Å². The molecule has 1 aliphatic heterocycles. The van der Waals surface area contributed by atoms with E-state index in [0.717, 1.165) is 38.3 Å². The Bertz CT molecular complexity index is 416. The quantitative estimate of drug-likeness (QED) is 0.870. The molecule has 1 aromatic rings. The molecule has 0 radical (unpaired) electrons. The molecule has 0 aliphatic carbocycles. The van der Waals surface area contributed by atoms with Gasteiger partial charge in [0.2, 0.25) is 0 Å². The minimum absolute atomic E-state index is 0.0996. The molecule has 0 spiro atoms. The second kappa shape index (κ2) is 6.98. The molecule has 1 amide bonds. The van der Waals surface area contributed by atoms with E-state index < -0.39 is 0 Å². The van der Waals surface area contributed by atoms with Crippen LogP contribution < -0.4 is 5.32 Å². The fourth-order valence-electron chi connectivity index (χ4n) is 2.11. The molecule has 5 nitrogen and oxygen atoms in total. The molecule has 1 unspecified atom stereocenters. The monoisotopic (exact) mass is 283 g/mol. The molecule has 1 aliphatic rings. The van der Waals surface area contributed by atoms with E-state index in [0.29, 0.717) is 6.61 Å². The Morgan fingerprint density at radius 3 is 2.95 bits per heavy atom. The van der Waals surface area contributed by atoms with Crippen LogP contribution in [0.2, 0.25) is 0 Å². The van der Waals surface area contributed by atoms with Gasteiger partial charge < -0.3 is 15.0 Å². The molecule has 1 N–H and O–H groups in total. The Hall–Kier alpha value is -0.980. The molecular formula is C13H21N3O2S. The first-order valence-corrected chi connectivity index (χ1v) is 7.56. The van der Waals surface area contributed by atoms with E-state index >= 15 is 0 Å². The molecule has 1 fully saturated rings. The van der Waals surface area contributed by atoms with Gasteiger partial charge in [-0.15, -0.1) is 11.3 Å². The van der Waals surface area contributed by atoms with Gasteiger partial charge in [0.1, 0.15) is 6.10 Å². The number of ether oxygens (including phenoxy) is 1. The van der Waals surface area contributed by atoms with Crippen molar-refractivity contribution in [2.24, 2.45) is 0 Å². The van der Waals surface area contributed by atoms with Crippen molar-refractivity contribution < 1.29 is 9.53 Å². The molecule has 1 saturated heterocycles. The molecule has 2 rings (SSSR count). The average molecular weight is 283 g/mol. The summed E-state index contributed by atoms with van der Waals surface area (Å²) in [6, 6.07) is 0. The first-order valence-electron chi connectivity index (χ1n) is 6.68. The first kappa shape index (κ1) is 14.4. The van der Waals surface area contributed by atoms with Crippen LogP contribution in [-0.4, -0.2) is 54.7 Å². The summed E-state index contributed by atoms with van der Waals surface area (Å²) in [5.41, 5.74) is 2.91. The van der Waals surface area contributed by atoms with Crippen LogP contribution in [0.15, 0.2) is 5.51 Å². The Morgan fingerprint density at radius 1 is 1.58 bits per heavy atom. The lowest BCUT2D eigenvalue weighted by Gasteiger charge is -2.29. The smallest absolute Gasteiger partial charge is 0.251 e. The number of piperazine rings is 1. The summed E-state index contributed by atoms with van der Waals surface area (Å²) in [6.07, 6.45) is 0.474. The molecule has 6 heteroatoms. The van der Waals surface area contributed by atoms with Crippen LogP contribution in [0.5, 0.6) is 0 Å². The van der Waals surface area contributed by atoms with Crippen molar-refractivity contribution in [3.05, 3.63) is 16.1 Å². The second-order valence-electron chi connectivity index (χ2n) is 4.70. The van der Waals surface area contributed by atoms with Gasteiger partial charge in [-0.25, -0.2) is 4.98 Å². The van der Waals surface area contributed by atoms with Gasteiger partial charge in [-0.3, -0.25) is 4.79 Å². The van der Waals surface area contributed by atoms with Crippen LogP contribution in [0.4, 0.5) is 0 Å². The van der Waals surface area contributed by atoms with Gasteiger partial charge in [0.25, 0.3) is 5.91 Å². The standard InChI is InChI=1S/C13H21N3O2S/c1-10-12(19-9-15-10)3-8-18-11(2)13(17)16-6-4-14-5-7-16/h9,11,14H,3-8H2,1-2H3. The lowest BCUT2D eigenvalue weighted by molar-refractivity contribution is -0.143. The minimum atomic E-state index is -0.355. The highest BCUT2D eigenvalue weighted by Crippen LogP contribution is 2.13. The van der Waals surface area contributed by atoms with Crippen molar-refractivity contribution in [2.75, 3.05) is 32.8 Å². The van der Waals surface area contributed by atoms with E-state index in [1.54, 1.807) is 11.3 Å². The highest BCUT2D eigenvalue weighted by molar-refractivity contribution is 7.09. The Balaban J connectivity index is 1.73. The van der Waals surface area contributed by atoms with Gasteiger partial charge in [-0.2, -0.15) is 0 Å². The molecule has 2 heterocycles. The Labute approximate surface area is 118 Å². The van der Waals surface area contributed by atoms with Gasteiger partial charge in [-0.1, -0.05) is 0 Å². The van der Waals surface area contributed by atoms with Crippen molar-refractivity contribution in [2.45, 2.75) is 26.4 Å². The number of aromatic nitrogens is 1. The number of amides is 1. The average Bonchev–Trinajstić information content (AvgIpc) is 2.84. The van der Waals surface area contributed by atoms with Crippen LogP contribution in [-0.2, 0) is 16.0 Å². The van der Waals surface area contributed by atoms with Crippen LogP contribution >= 0.6 is 11.3 Å².